The van der Waals surface area contributed by atoms with Crippen molar-refractivity contribution in [3.63, 3.8) is 0 Å². The molecule has 0 spiro atoms. The summed E-state index contributed by atoms with van der Waals surface area (Å²) in [4.78, 5) is 18.4. The number of fused-ring (bicyclic) bond motifs is 5. The molecule has 156 valence electrons. The number of amides is 2. The molecule has 4 aromatic rings. The molecule has 0 unspecified atom stereocenters. The summed E-state index contributed by atoms with van der Waals surface area (Å²) in [7, 11) is 0. The van der Waals surface area contributed by atoms with Crippen LogP contribution in [-0.4, -0.2) is 15.5 Å². The number of benzene rings is 1. The van der Waals surface area contributed by atoms with Crippen molar-refractivity contribution >= 4 is 34.4 Å². The largest absolute Gasteiger partial charge is 0.323 e. The number of aromatic nitrogens is 1. The molecule has 4 heterocycles. The van der Waals surface area contributed by atoms with E-state index in [-0.39, 0.29) is 12.1 Å². The lowest BCUT2D eigenvalue weighted by Crippen LogP contribution is -2.37. The van der Waals surface area contributed by atoms with Gasteiger partial charge < -0.3 is 14.8 Å². The van der Waals surface area contributed by atoms with Gasteiger partial charge in [0.05, 0.1) is 12.2 Å². The molecule has 0 fully saturated rings. The van der Waals surface area contributed by atoms with E-state index in [9.17, 15) is 4.79 Å². The minimum absolute atomic E-state index is 0.0547. The van der Waals surface area contributed by atoms with Crippen molar-refractivity contribution in [2.24, 2.45) is 0 Å². The highest BCUT2D eigenvalue weighted by Crippen LogP contribution is 2.44. The molecule has 2 amide bonds. The molecule has 0 radical (unpaired) electrons. The number of carbonyl (C=O) groups excluding carboxylic acids is 1. The van der Waals surface area contributed by atoms with Gasteiger partial charge in [0.25, 0.3) is 0 Å². The van der Waals surface area contributed by atoms with Crippen molar-refractivity contribution in [2.75, 3.05) is 5.32 Å². The van der Waals surface area contributed by atoms with Gasteiger partial charge in [-0.2, -0.15) is 0 Å². The van der Waals surface area contributed by atoms with Crippen LogP contribution in [0.2, 0.25) is 0 Å². The molecule has 0 bridgehead atoms. The van der Waals surface area contributed by atoms with E-state index in [1.165, 1.54) is 38.7 Å². The van der Waals surface area contributed by atoms with Crippen LogP contribution in [0, 0.1) is 0 Å². The van der Waals surface area contributed by atoms with Crippen molar-refractivity contribution in [3.8, 4) is 5.00 Å². The Labute approximate surface area is 189 Å². The van der Waals surface area contributed by atoms with Gasteiger partial charge in [-0.05, 0) is 67.0 Å². The Morgan fingerprint density at radius 2 is 1.84 bits per heavy atom. The van der Waals surface area contributed by atoms with Gasteiger partial charge in [0, 0.05) is 27.2 Å². The molecule has 1 aromatic carbocycles. The van der Waals surface area contributed by atoms with Crippen molar-refractivity contribution < 1.29 is 4.79 Å². The third-order valence-electron chi connectivity index (χ3n) is 6.28. The van der Waals surface area contributed by atoms with Crippen LogP contribution >= 0.6 is 22.7 Å². The number of carbonyl (C=O) groups is 1. The Kier molecular flexibility index (Phi) is 4.69. The SMILES string of the molecule is O=C(Nc1ccccc1)N1Cc2c(sc3c2CCCC3)-n2cccc2[C@H]1c1cccs1. The predicted octanol–water partition coefficient (Wildman–Crippen LogP) is 6.62. The zero-order valence-corrected chi connectivity index (χ0v) is 18.7. The second-order valence-electron chi connectivity index (χ2n) is 8.14. The number of thiophene rings is 2. The standard InChI is InChI=1S/C25H23N3OS2/c29-25(26-17-8-2-1-3-9-17)28-16-19-18-10-4-5-12-21(18)31-24(19)27-14-6-11-20(27)23(28)22-13-7-15-30-22/h1-3,6-9,11,13-15,23H,4-5,10,12,16H2,(H,26,29)/t23-/m0/s1. The van der Waals surface area contributed by atoms with E-state index < -0.39 is 0 Å². The van der Waals surface area contributed by atoms with Gasteiger partial charge in [0.2, 0.25) is 0 Å². The summed E-state index contributed by atoms with van der Waals surface area (Å²) in [6.07, 6.45) is 6.94. The maximum atomic E-state index is 13.7. The number of aryl methyl sites for hydroxylation is 1. The van der Waals surface area contributed by atoms with Crippen molar-refractivity contribution in [3.05, 3.63) is 92.7 Å². The molecule has 0 saturated carbocycles. The van der Waals surface area contributed by atoms with Gasteiger partial charge in [-0.3, -0.25) is 0 Å². The second kappa shape index (κ2) is 7.70. The van der Waals surface area contributed by atoms with Gasteiger partial charge in [0.1, 0.15) is 11.0 Å². The van der Waals surface area contributed by atoms with Crippen LogP contribution in [0.25, 0.3) is 5.00 Å². The van der Waals surface area contributed by atoms with Gasteiger partial charge in [0.15, 0.2) is 0 Å². The predicted molar refractivity (Wildman–Crippen MR) is 127 cm³/mol. The molecule has 1 N–H and O–H groups in total. The maximum absolute atomic E-state index is 13.7. The molecule has 1 aliphatic carbocycles. The Morgan fingerprint density at radius 1 is 0.968 bits per heavy atom. The van der Waals surface area contributed by atoms with Crippen LogP contribution in [-0.2, 0) is 19.4 Å². The minimum atomic E-state index is -0.113. The van der Waals surface area contributed by atoms with E-state index in [0.29, 0.717) is 6.54 Å². The smallest absolute Gasteiger partial charge is 0.310 e. The number of urea groups is 1. The van der Waals surface area contributed by atoms with Crippen LogP contribution in [0.5, 0.6) is 0 Å². The molecule has 1 atom stereocenters. The number of nitrogens with one attached hydrogen (secondary N) is 1. The Balaban J connectivity index is 1.50. The van der Waals surface area contributed by atoms with Crippen LogP contribution in [0.1, 0.15) is 45.5 Å². The van der Waals surface area contributed by atoms with Gasteiger partial charge in [-0.1, -0.05) is 24.3 Å². The van der Waals surface area contributed by atoms with Crippen LogP contribution in [0.3, 0.4) is 0 Å². The van der Waals surface area contributed by atoms with E-state index in [0.717, 1.165) is 24.2 Å². The van der Waals surface area contributed by atoms with Crippen molar-refractivity contribution in [1.82, 2.24) is 9.47 Å². The number of hydrogen-bond acceptors (Lipinski definition) is 3. The molecule has 3 aromatic heterocycles. The number of anilines is 1. The molecule has 6 rings (SSSR count). The third kappa shape index (κ3) is 3.22. The monoisotopic (exact) mass is 445 g/mol. The normalized spacial score (nSPS) is 17.4. The lowest BCUT2D eigenvalue weighted by molar-refractivity contribution is 0.195. The number of nitrogens with zero attached hydrogens (tertiary/aromatic N) is 2. The summed E-state index contributed by atoms with van der Waals surface area (Å²) in [5, 5.41) is 6.53. The zero-order valence-electron chi connectivity index (χ0n) is 17.1. The molecule has 2 aliphatic rings. The van der Waals surface area contributed by atoms with Gasteiger partial charge in [-0.25, -0.2) is 4.79 Å². The van der Waals surface area contributed by atoms with Crippen LogP contribution in [0.15, 0.2) is 66.2 Å². The Hall–Kier alpha value is -2.83. The van der Waals surface area contributed by atoms with Crippen molar-refractivity contribution in [1.29, 1.82) is 0 Å². The summed E-state index contributed by atoms with van der Waals surface area (Å²) in [5.74, 6) is 0. The first-order chi connectivity index (χ1) is 15.3. The Morgan fingerprint density at radius 3 is 2.68 bits per heavy atom. The van der Waals surface area contributed by atoms with Gasteiger partial charge >= 0.3 is 6.03 Å². The fourth-order valence-electron chi connectivity index (χ4n) is 4.85. The number of para-hydroxylation sites is 1. The third-order valence-corrected chi connectivity index (χ3v) is 8.54. The van der Waals surface area contributed by atoms with E-state index >= 15 is 0 Å². The highest BCUT2D eigenvalue weighted by molar-refractivity contribution is 7.15. The average molecular weight is 446 g/mol. The summed E-state index contributed by atoms with van der Waals surface area (Å²) in [5.41, 5.74) is 4.79. The van der Waals surface area contributed by atoms with E-state index in [1.807, 2.05) is 46.6 Å². The lowest BCUT2D eigenvalue weighted by Gasteiger charge is -2.30. The highest BCUT2D eigenvalue weighted by Gasteiger charge is 2.36. The fourth-order valence-corrected chi connectivity index (χ4v) is 7.10. The highest BCUT2D eigenvalue weighted by atomic mass is 32.1. The molecule has 31 heavy (non-hydrogen) atoms. The van der Waals surface area contributed by atoms with Crippen LogP contribution in [0.4, 0.5) is 10.5 Å². The Bertz CT molecular complexity index is 1220. The molecular weight excluding hydrogens is 422 g/mol. The maximum Gasteiger partial charge on any atom is 0.323 e. The quantitative estimate of drug-likeness (QED) is 0.370. The zero-order chi connectivity index (χ0) is 20.8. The summed E-state index contributed by atoms with van der Waals surface area (Å²) >= 11 is 3.64. The van der Waals surface area contributed by atoms with Crippen LogP contribution < -0.4 is 5.32 Å². The first-order valence-corrected chi connectivity index (χ1v) is 12.5. The molecule has 4 nitrogen and oxygen atoms in total. The topological polar surface area (TPSA) is 37.3 Å². The fraction of sp³-hybridized carbons (Fsp3) is 0.240. The minimum Gasteiger partial charge on any atom is -0.310 e. The number of hydrogen-bond donors (Lipinski definition) is 1. The first kappa shape index (κ1) is 18.9. The molecule has 6 heteroatoms. The van der Waals surface area contributed by atoms with E-state index in [1.54, 1.807) is 11.3 Å². The van der Waals surface area contributed by atoms with Gasteiger partial charge in [-0.15, -0.1) is 22.7 Å². The van der Waals surface area contributed by atoms with E-state index in [4.69, 9.17) is 0 Å². The molecule has 1 aliphatic heterocycles. The average Bonchev–Trinajstić information content (AvgIpc) is 3.54. The molecular formula is C25H23N3OS2. The van der Waals surface area contributed by atoms with E-state index in [2.05, 4.69) is 45.7 Å². The number of rotatable bonds is 2. The second-order valence-corrected chi connectivity index (χ2v) is 10.2. The molecule has 0 saturated heterocycles. The lowest BCUT2D eigenvalue weighted by atomic mass is 9.95. The summed E-state index contributed by atoms with van der Waals surface area (Å²) in [6.45, 7) is 0.629. The first-order valence-electron chi connectivity index (χ1n) is 10.8. The summed E-state index contributed by atoms with van der Waals surface area (Å²) < 4.78 is 2.33. The summed E-state index contributed by atoms with van der Waals surface area (Å²) in [6, 6.07) is 18.1. The van der Waals surface area contributed by atoms with Crippen molar-refractivity contribution in [2.45, 2.75) is 38.3 Å².